The van der Waals surface area contributed by atoms with Gasteiger partial charge in [-0.2, -0.15) is 8.78 Å². The zero-order valence-corrected chi connectivity index (χ0v) is 11.7. The highest BCUT2D eigenvalue weighted by Gasteiger charge is 2.16. The van der Waals surface area contributed by atoms with E-state index in [2.05, 4.69) is 26.0 Å². The average molecular weight is 332 g/mol. The normalized spacial score (nSPS) is 12.7. The van der Waals surface area contributed by atoms with Gasteiger partial charge in [0.25, 0.3) is 0 Å². The second kappa shape index (κ2) is 6.16. The average Bonchev–Trinajstić information content (AvgIpc) is 2.78. The predicted octanol–water partition coefficient (Wildman–Crippen LogP) is 3.95. The molecule has 1 aromatic carbocycles. The largest absolute Gasteiger partial charge is 0.452 e. The Hall–Kier alpha value is -1.40. The molecule has 1 atom stereocenters. The molecule has 1 heterocycles. The molecule has 0 bridgehead atoms. The molecule has 0 spiro atoms. The van der Waals surface area contributed by atoms with Gasteiger partial charge in [-0.05, 0) is 52.8 Å². The minimum absolute atomic E-state index is 0.134. The van der Waals surface area contributed by atoms with Crippen LogP contribution in [0.4, 0.5) is 8.78 Å². The van der Waals surface area contributed by atoms with Crippen LogP contribution in [0.1, 0.15) is 17.4 Å². The van der Waals surface area contributed by atoms with Crippen molar-refractivity contribution in [3.63, 3.8) is 0 Å². The fourth-order valence-electron chi connectivity index (χ4n) is 1.80. The number of halogens is 3. The maximum Gasteiger partial charge on any atom is 0.387 e. The van der Waals surface area contributed by atoms with Crippen molar-refractivity contribution in [3.05, 3.63) is 52.4 Å². The van der Waals surface area contributed by atoms with E-state index in [4.69, 9.17) is 4.42 Å². The molecule has 1 aromatic heterocycles. The van der Waals surface area contributed by atoms with Crippen molar-refractivity contribution in [2.75, 3.05) is 7.05 Å². The van der Waals surface area contributed by atoms with Crippen LogP contribution in [0.3, 0.4) is 0 Å². The van der Waals surface area contributed by atoms with E-state index in [0.717, 1.165) is 11.3 Å². The molecule has 1 unspecified atom stereocenters. The number of hydrogen-bond acceptors (Lipinski definition) is 3. The Bertz CT molecular complexity index is 528. The van der Waals surface area contributed by atoms with Gasteiger partial charge in [0, 0.05) is 0 Å². The van der Waals surface area contributed by atoms with Crippen LogP contribution in [0.2, 0.25) is 0 Å². The van der Waals surface area contributed by atoms with Gasteiger partial charge >= 0.3 is 6.61 Å². The summed E-state index contributed by atoms with van der Waals surface area (Å²) in [6, 6.07) is 9.94. The van der Waals surface area contributed by atoms with Gasteiger partial charge in [-0.15, -0.1) is 0 Å². The molecular formula is C13H12BrF2NO2. The molecular weight excluding hydrogens is 320 g/mol. The lowest BCUT2D eigenvalue weighted by atomic mass is 10.0. The van der Waals surface area contributed by atoms with Crippen LogP contribution in [0.5, 0.6) is 5.75 Å². The lowest BCUT2D eigenvalue weighted by molar-refractivity contribution is -0.0498. The Balaban J connectivity index is 2.19. The quantitative estimate of drug-likeness (QED) is 0.900. The summed E-state index contributed by atoms with van der Waals surface area (Å²) < 4.78 is 34.6. The molecule has 0 saturated carbocycles. The van der Waals surface area contributed by atoms with E-state index in [1.165, 1.54) is 12.1 Å². The molecule has 102 valence electrons. The third-order valence-corrected chi connectivity index (χ3v) is 3.03. The van der Waals surface area contributed by atoms with Crippen molar-refractivity contribution in [1.29, 1.82) is 0 Å². The number of furan rings is 1. The molecule has 0 aliphatic rings. The number of hydrogen-bond donors (Lipinski definition) is 1. The summed E-state index contributed by atoms with van der Waals surface area (Å²) in [5.41, 5.74) is 0.894. The fourth-order valence-corrected chi connectivity index (χ4v) is 2.12. The molecule has 19 heavy (non-hydrogen) atoms. The minimum atomic E-state index is -2.81. The molecule has 0 saturated heterocycles. The highest BCUT2D eigenvalue weighted by molar-refractivity contribution is 9.10. The Kier molecular flexibility index (Phi) is 4.55. The van der Waals surface area contributed by atoms with Gasteiger partial charge in [0.2, 0.25) is 0 Å². The van der Waals surface area contributed by atoms with Crippen LogP contribution >= 0.6 is 15.9 Å². The SMILES string of the molecule is CNC(c1ccc(OC(F)F)cc1)c1ccc(Br)o1. The van der Waals surface area contributed by atoms with Gasteiger partial charge in [0.15, 0.2) is 4.67 Å². The Morgan fingerprint density at radius 2 is 1.84 bits per heavy atom. The summed E-state index contributed by atoms with van der Waals surface area (Å²) >= 11 is 3.24. The van der Waals surface area contributed by atoms with Crippen LogP contribution in [-0.2, 0) is 0 Å². The van der Waals surface area contributed by atoms with Crippen LogP contribution in [0, 0.1) is 0 Å². The van der Waals surface area contributed by atoms with E-state index >= 15 is 0 Å². The minimum Gasteiger partial charge on any atom is -0.452 e. The molecule has 6 heteroatoms. The van der Waals surface area contributed by atoms with Gasteiger partial charge in [-0.3, -0.25) is 0 Å². The van der Waals surface area contributed by atoms with E-state index < -0.39 is 6.61 Å². The fraction of sp³-hybridized carbons (Fsp3) is 0.231. The van der Waals surface area contributed by atoms with Gasteiger partial charge < -0.3 is 14.5 Å². The maximum atomic E-state index is 12.1. The molecule has 0 fully saturated rings. The first-order chi connectivity index (χ1) is 9.10. The highest BCUT2D eigenvalue weighted by atomic mass is 79.9. The van der Waals surface area contributed by atoms with E-state index in [1.54, 1.807) is 25.2 Å². The molecule has 1 N–H and O–H groups in total. The number of rotatable bonds is 5. The monoisotopic (exact) mass is 331 g/mol. The van der Waals surface area contributed by atoms with Gasteiger partial charge in [-0.25, -0.2) is 0 Å². The van der Waals surface area contributed by atoms with Crippen molar-refractivity contribution in [1.82, 2.24) is 5.32 Å². The molecule has 0 aliphatic carbocycles. The predicted molar refractivity (Wildman–Crippen MR) is 70.4 cm³/mol. The van der Waals surface area contributed by atoms with E-state index in [-0.39, 0.29) is 11.8 Å². The van der Waals surface area contributed by atoms with Crippen molar-refractivity contribution in [2.45, 2.75) is 12.7 Å². The first kappa shape index (κ1) is 14.0. The Labute approximate surface area is 117 Å². The van der Waals surface area contributed by atoms with Crippen LogP contribution in [0.15, 0.2) is 45.5 Å². The molecule has 3 nitrogen and oxygen atoms in total. The van der Waals surface area contributed by atoms with Crippen molar-refractivity contribution in [2.24, 2.45) is 0 Å². The third kappa shape index (κ3) is 3.54. The standard InChI is InChI=1S/C13H12BrF2NO2/c1-17-12(10-6-7-11(14)19-10)8-2-4-9(5-3-8)18-13(15)16/h2-7,12-13,17H,1H3. The molecule has 2 rings (SSSR count). The Morgan fingerprint density at radius 1 is 1.16 bits per heavy atom. The number of alkyl halides is 2. The summed E-state index contributed by atoms with van der Waals surface area (Å²) in [5.74, 6) is 0.867. The summed E-state index contributed by atoms with van der Waals surface area (Å²) in [5, 5.41) is 3.10. The van der Waals surface area contributed by atoms with Crippen molar-refractivity contribution in [3.8, 4) is 5.75 Å². The first-order valence-electron chi connectivity index (χ1n) is 5.57. The zero-order chi connectivity index (χ0) is 13.8. The van der Waals surface area contributed by atoms with Gasteiger partial charge in [-0.1, -0.05) is 12.1 Å². The van der Waals surface area contributed by atoms with E-state index in [9.17, 15) is 8.78 Å². The summed E-state index contributed by atoms with van der Waals surface area (Å²) in [7, 11) is 1.80. The topological polar surface area (TPSA) is 34.4 Å². The maximum absolute atomic E-state index is 12.1. The van der Waals surface area contributed by atoms with Gasteiger partial charge in [0.05, 0.1) is 6.04 Å². The summed E-state index contributed by atoms with van der Waals surface area (Å²) in [4.78, 5) is 0. The molecule has 0 amide bonds. The van der Waals surface area contributed by atoms with Crippen LogP contribution in [0.25, 0.3) is 0 Å². The smallest absolute Gasteiger partial charge is 0.387 e. The van der Waals surface area contributed by atoms with Crippen molar-refractivity contribution < 1.29 is 17.9 Å². The number of nitrogens with one attached hydrogen (secondary N) is 1. The first-order valence-corrected chi connectivity index (χ1v) is 6.36. The third-order valence-electron chi connectivity index (χ3n) is 2.61. The number of benzene rings is 1. The molecule has 2 aromatic rings. The number of ether oxygens (including phenoxy) is 1. The highest BCUT2D eigenvalue weighted by Crippen LogP contribution is 2.27. The summed E-state index contributed by atoms with van der Waals surface area (Å²) in [6.45, 7) is -2.81. The van der Waals surface area contributed by atoms with Gasteiger partial charge in [0.1, 0.15) is 11.5 Å². The zero-order valence-electron chi connectivity index (χ0n) is 10.1. The second-order valence-electron chi connectivity index (χ2n) is 3.81. The van der Waals surface area contributed by atoms with Crippen LogP contribution in [-0.4, -0.2) is 13.7 Å². The van der Waals surface area contributed by atoms with E-state index in [0.29, 0.717) is 4.67 Å². The molecule has 0 aliphatic heterocycles. The van der Waals surface area contributed by atoms with Crippen molar-refractivity contribution >= 4 is 15.9 Å². The lowest BCUT2D eigenvalue weighted by Crippen LogP contribution is -2.16. The van der Waals surface area contributed by atoms with E-state index in [1.807, 2.05) is 6.07 Å². The second-order valence-corrected chi connectivity index (χ2v) is 4.59. The summed E-state index contributed by atoms with van der Waals surface area (Å²) in [6.07, 6.45) is 0. The Morgan fingerprint density at radius 3 is 2.32 bits per heavy atom. The molecule has 0 radical (unpaired) electrons. The lowest BCUT2D eigenvalue weighted by Gasteiger charge is -2.14. The van der Waals surface area contributed by atoms with Crippen LogP contribution < -0.4 is 10.1 Å².